The van der Waals surface area contributed by atoms with Crippen molar-refractivity contribution in [3.8, 4) is 11.3 Å². The number of furan rings is 1. The van der Waals surface area contributed by atoms with E-state index in [1.807, 2.05) is 43.3 Å². The molecule has 1 aromatic heterocycles. The fraction of sp³-hybridized carbons (Fsp3) is 0.389. The highest BCUT2D eigenvalue weighted by Gasteiger charge is 2.27. The van der Waals surface area contributed by atoms with Crippen LogP contribution < -0.4 is 5.32 Å². The summed E-state index contributed by atoms with van der Waals surface area (Å²) in [5.74, 6) is 1.58. The van der Waals surface area contributed by atoms with Crippen molar-refractivity contribution in [3.05, 3.63) is 47.7 Å². The molecule has 122 valence electrons. The molecule has 2 atom stereocenters. The maximum atomic E-state index is 12.4. The molecule has 0 aliphatic carbocycles. The molecule has 3 rings (SSSR count). The number of carbonyl (C=O) groups is 1. The van der Waals surface area contributed by atoms with Crippen LogP contribution in [0.2, 0.25) is 0 Å². The van der Waals surface area contributed by atoms with Crippen LogP contribution in [-0.4, -0.2) is 38.4 Å². The number of methoxy groups -OCH3 is 1. The molecule has 1 fully saturated rings. The average molecular weight is 315 g/mol. The molecule has 0 radical (unpaired) electrons. The molecule has 1 amide bonds. The first-order valence-corrected chi connectivity index (χ1v) is 7.75. The van der Waals surface area contributed by atoms with Crippen LogP contribution in [0.3, 0.4) is 0 Å². The van der Waals surface area contributed by atoms with Gasteiger partial charge in [-0.3, -0.25) is 4.79 Å². The number of carbonyl (C=O) groups excluding carboxylic acids is 1. The van der Waals surface area contributed by atoms with E-state index in [9.17, 15) is 4.79 Å². The van der Waals surface area contributed by atoms with Gasteiger partial charge in [-0.25, -0.2) is 0 Å². The van der Waals surface area contributed by atoms with Crippen molar-refractivity contribution >= 4 is 5.91 Å². The van der Waals surface area contributed by atoms with Crippen molar-refractivity contribution in [2.24, 2.45) is 0 Å². The van der Waals surface area contributed by atoms with Crippen molar-refractivity contribution in [2.75, 3.05) is 20.3 Å². The fourth-order valence-corrected chi connectivity index (χ4v) is 2.74. The van der Waals surface area contributed by atoms with Gasteiger partial charge in [0.05, 0.1) is 12.6 Å². The Morgan fingerprint density at radius 3 is 2.65 bits per heavy atom. The zero-order chi connectivity index (χ0) is 16.2. The minimum Gasteiger partial charge on any atom is -0.461 e. The Labute approximate surface area is 135 Å². The number of rotatable bonds is 4. The van der Waals surface area contributed by atoms with Crippen molar-refractivity contribution in [3.63, 3.8) is 0 Å². The Bertz CT molecular complexity index is 662. The standard InChI is InChI=1S/C18H21NO4/c1-12-3-8-16(23-12)13-4-6-14(7-5-13)18(20)19-15-9-10-22-11-17(15)21-2/h3-8,15,17H,9-11H2,1-2H3,(H,19,20). The lowest BCUT2D eigenvalue weighted by Crippen LogP contribution is -2.49. The highest BCUT2D eigenvalue weighted by Crippen LogP contribution is 2.22. The van der Waals surface area contributed by atoms with Crippen LogP contribution in [0.25, 0.3) is 11.3 Å². The Balaban J connectivity index is 1.68. The van der Waals surface area contributed by atoms with E-state index in [4.69, 9.17) is 13.9 Å². The van der Waals surface area contributed by atoms with Crippen molar-refractivity contribution < 1.29 is 18.7 Å². The van der Waals surface area contributed by atoms with Gasteiger partial charge < -0.3 is 19.2 Å². The molecule has 23 heavy (non-hydrogen) atoms. The predicted octanol–water partition coefficient (Wildman–Crippen LogP) is 2.79. The van der Waals surface area contributed by atoms with Gasteiger partial charge in [-0.1, -0.05) is 12.1 Å². The van der Waals surface area contributed by atoms with E-state index >= 15 is 0 Å². The monoisotopic (exact) mass is 315 g/mol. The van der Waals surface area contributed by atoms with Gasteiger partial charge >= 0.3 is 0 Å². The summed E-state index contributed by atoms with van der Waals surface area (Å²) in [5.41, 5.74) is 1.58. The molecular weight excluding hydrogens is 294 g/mol. The summed E-state index contributed by atoms with van der Waals surface area (Å²) in [6.45, 7) is 3.06. The van der Waals surface area contributed by atoms with Crippen LogP contribution in [-0.2, 0) is 9.47 Å². The van der Waals surface area contributed by atoms with E-state index in [1.54, 1.807) is 7.11 Å². The van der Waals surface area contributed by atoms with Gasteiger partial charge in [-0.15, -0.1) is 0 Å². The molecule has 2 aromatic rings. The molecule has 1 saturated heterocycles. The second-order valence-corrected chi connectivity index (χ2v) is 5.71. The third-order valence-electron chi connectivity index (χ3n) is 4.10. The molecule has 2 heterocycles. The molecule has 0 spiro atoms. The quantitative estimate of drug-likeness (QED) is 0.942. The number of aryl methyl sites for hydroxylation is 1. The van der Waals surface area contributed by atoms with E-state index in [0.29, 0.717) is 18.8 Å². The molecule has 5 nitrogen and oxygen atoms in total. The van der Waals surface area contributed by atoms with Gasteiger partial charge in [0.15, 0.2) is 0 Å². The van der Waals surface area contributed by atoms with Crippen molar-refractivity contribution in [1.29, 1.82) is 0 Å². The molecule has 0 saturated carbocycles. The summed E-state index contributed by atoms with van der Waals surface area (Å²) in [6, 6.07) is 11.2. The summed E-state index contributed by atoms with van der Waals surface area (Å²) in [6.07, 6.45) is 0.659. The van der Waals surface area contributed by atoms with Crippen molar-refractivity contribution in [2.45, 2.75) is 25.5 Å². The molecular formula is C18H21NO4. The van der Waals surface area contributed by atoms with Gasteiger partial charge in [-0.05, 0) is 37.6 Å². The Hall–Kier alpha value is -2.11. The predicted molar refractivity (Wildman–Crippen MR) is 86.4 cm³/mol. The minimum absolute atomic E-state index is 0.0198. The van der Waals surface area contributed by atoms with Crippen LogP contribution >= 0.6 is 0 Å². The van der Waals surface area contributed by atoms with E-state index in [1.165, 1.54) is 0 Å². The van der Waals surface area contributed by atoms with Crippen LogP contribution in [0.1, 0.15) is 22.5 Å². The first-order chi connectivity index (χ1) is 11.2. The number of hydrogen-bond acceptors (Lipinski definition) is 4. The Morgan fingerprint density at radius 2 is 2.00 bits per heavy atom. The van der Waals surface area contributed by atoms with Crippen LogP contribution in [0.5, 0.6) is 0 Å². The normalized spacial score (nSPS) is 21.1. The highest BCUT2D eigenvalue weighted by atomic mass is 16.5. The summed E-state index contributed by atoms with van der Waals surface area (Å²) < 4.78 is 16.3. The van der Waals surface area contributed by atoms with E-state index in [-0.39, 0.29) is 18.1 Å². The lowest BCUT2D eigenvalue weighted by atomic mass is 10.0. The number of nitrogens with one attached hydrogen (secondary N) is 1. The van der Waals surface area contributed by atoms with Gasteiger partial charge in [0.25, 0.3) is 5.91 Å². The molecule has 1 N–H and O–H groups in total. The van der Waals surface area contributed by atoms with Gasteiger partial charge in [0, 0.05) is 24.8 Å². The van der Waals surface area contributed by atoms with Crippen LogP contribution in [0, 0.1) is 6.92 Å². The summed E-state index contributed by atoms with van der Waals surface area (Å²) in [5, 5.41) is 3.03. The fourth-order valence-electron chi connectivity index (χ4n) is 2.74. The Kier molecular flexibility index (Phi) is 4.79. The number of benzene rings is 1. The molecule has 0 bridgehead atoms. The van der Waals surface area contributed by atoms with Crippen LogP contribution in [0.15, 0.2) is 40.8 Å². The van der Waals surface area contributed by atoms with Gasteiger partial charge in [-0.2, -0.15) is 0 Å². The largest absolute Gasteiger partial charge is 0.461 e. The van der Waals surface area contributed by atoms with E-state index in [2.05, 4.69) is 5.32 Å². The summed E-state index contributed by atoms with van der Waals surface area (Å²) in [7, 11) is 1.64. The second kappa shape index (κ2) is 6.98. The van der Waals surface area contributed by atoms with Crippen molar-refractivity contribution in [1.82, 2.24) is 5.32 Å². The maximum Gasteiger partial charge on any atom is 0.251 e. The van der Waals surface area contributed by atoms with Gasteiger partial charge in [0.1, 0.15) is 17.6 Å². The lowest BCUT2D eigenvalue weighted by Gasteiger charge is -2.31. The zero-order valence-corrected chi connectivity index (χ0v) is 13.4. The summed E-state index contributed by atoms with van der Waals surface area (Å²) >= 11 is 0. The molecule has 5 heteroatoms. The second-order valence-electron chi connectivity index (χ2n) is 5.71. The highest BCUT2D eigenvalue weighted by molar-refractivity contribution is 5.94. The third-order valence-corrected chi connectivity index (χ3v) is 4.10. The molecule has 1 aliphatic heterocycles. The van der Waals surface area contributed by atoms with Gasteiger partial charge in [0.2, 0.25) is 0 Å². The minimum atomic E-state index is -0.0990. The summed E-state index contributed by atoms with van der Waals surface area (Å²) in [4.78, 5) is 12.4. The SMILES string of the molecule is COC1COCCC1NC(=O)c1ccc(-c2ccc(C)o2)cc1. The maximum absolute atomic E-state index is 12.4. The average Bonchev–Trinajstić information content (AvgIpc) is 3.02. The topological polar surface area (TPSA) is 60.7 Å². The van der Waals surface area contributed by atoms with Crippen LogP contribution in [0.4, 0.5) is 0 Å². The van der Waals surface area contributed by atoms with E-state index < -0.39 is 0 Å². The molecule has 1 aromatic carbocycles. The molecule has 2 unspecified atom stereocenters. The lowest BCUT2D eigenvalue weighted by molar-refractivity contribution is -0.0479. The number of ether oxygens (including phenoxy) is 2. The first-order valence-electron chi connectivity index (χ1n) is 7.75. The first kappa shape index (κ1) is 15.8. The molecule has 1 aliphatic rings. The number of hydrogen-bond donors (Lipinski definition) is 1. The third kappa shape index (κ3) is 3.63. The Morgan fingerprint density at radius 1 is 1.22 bits per heavy atom. The van der Waals surface area contributed by atoms with E-state index in [0.717, 1.165) is 23.5 Å². The number of amides is 1. The zero-order valence-electron chi connectivity index (χ0n) is 13.4. The smallest absolute Gasteiger partial charge is 0.251 e.